The van der Waals surface area contributed by atoms with Crippen LogP contribution in [-0.4, -0.2) is 6.29 Å². The van der Waals surface area contributed by atoms with E-state index < -0.39 is 0 Å². The Morgan fingerprint density at radius 1 is 1.22 bits per heavy atom. The normalized spacial score (nSPS) is 9.39. The van der Waals surface area contributed by atoms with Crippen molar-refractivity contribution in [3.63, 3.8) is 0 Å². The number of rotatable bonds is 4. The summed E-state index contributed by atoms with van der Waals surface area (Å²) in [5.74, 6) is 0.456. The molecule has 18 heavy (non-hydrogen) atoms. The highest BCUT2D eigenvalue weighted by Crippen LogP contribution is 1.99. The van der Waals surface area contributed by atoms with Crippen molar-refractivity contribution in [2.75, 3.05) is 0 Å². The van der Waals surface area contributed by atoms with Gasteiger partial charge in [-0.15, -0.1) is 24.0 Å². The molecule has 0 aromatic heterocycles. The molecule has 0 saturated carbocycles. The molecule has 2 nitrogen and oxygen atoms in total. The van der Waals surface area contributed by atoms with Crippen LogP contribution in [0.5, 0.6) is 0 Å². The number of hydrogen-bond donors (Lipinski definition) is 0. The van der Waals surface area contributed by atoms with Crippen LogP contribution in [0.3, 0.4) is 0 Å². The molecule has 0 aliphatic rings. The number of halogens is 3. The summed E-state index contributed by atoms with van der Waals surface area (Å²) in [5.41, 5.74) is 0. The van der Waals surface area contributed by atoms with Crippen LogP contribution in [-0.2, 0) is 4.79 Å². The van der Waals surface area contributed by atoms with Gasteiger partial charge in [0.05, 0.1) is 0 Å². The molecule has 0 radical (unpaired) electrons. The van der Waals surface area contributed by atoms with Gasteiger partial charge < -0.3 is 5.11 Å². The summed E-state index contributed by atoms with van der Waals surface area (Å²) in [4.78, 5) is 9.48. The van der Waals surface area contributed by atoms with Crippen LogP contribution in [0.2, 0.25) is 0 Å². The summed E-state index contributed by atoms with van der Waals surface area (Å²) in [7, 11) is 0. The van der Waals surface area contributed by atoms with Gasteiger partial charge >= 0.3 is 0 Å². The van der Waals surface area contributed by atoms with Gasteiger partial charge in [-0.25, -0.2) is 0 Å². The highest BCUT2D eigenvalue weighted by Gasteiger charge is 1.84. The van der Waals surface area contributed by atoms with Crippen LogP contribution in [0.1, 0.15) is 48.5 Å². The Hall–Kier alpha value is 1.14. The summed E-state index contributed by atoms with van der Waals surface area (Å²) in [6.07, 6.45) is 8.61. The lowest BCUT2D eigenvalue weighted by Crippen LogP contribution is -1.90. The highest BCUT2D eigenvalue weighted by molar-refractivity contribution is 15.0. The third kappa shape index (κ3) is 53.4. The SMILES string of the molecule is C.C.CCC(C)/C=C/[O-].CCC=CC=O.I.II. The van der Waals surface area contributed by atoms with E-state index in [-0.39, 0.29) is 38.8 Å². The van der Waals surface area contributed by atoms with Crippen molar-refractivity contribution < 1.29 is 9.90 Å². The molecule has 0 aliphatic heterocycles. The quantitative estimate of drug-likeness (QED) is 0.180. The number of carbonyl (C=O) groups is 1. The molecule has 0 aromatic rings. The van der Waals surface area contributed by atoms with E-state index in [0.717, 1.165) is 25.4 Å². The van der Waals surface area contributed by atoms with Gasteiger partial charge in [0.1, 0.15) is 6.29 Å². The second kappa shape index (κ2) is 42.9. The maximum atomic E-state index is 9.72. The molecule has 5 heteroatoms. The van der Waals surface area contributed by atoms with Crippen molar-refractivity contribution in [1.29, 1.82) is 0 Å². The fourth-order valence-electron chi connectivity index (χ4n) is 0.462. The Labute approximate surface area is 154 Å². The Balaban J connectivity index is -0.0000000307. The first-order valence-electron chi connectivity index (χ1n) is 4.76. The first-order chi connectivity index (χ1) is 7.22. The van der Waals surface area contributed by atoms with E-state index in [4.69, 9.17) is 0 Å². The average molecular weight is 597 g/mol. The molecule has 0 N–H and O–H groups in total. The lowest BCUT2D eigenvalue weighted by molar-refractivity contribution is -0.275. The molecule has 0 aliphatic carbocycles. The number of carbonyl (C=O) groups excluding carboxylic acids is 1. The van der Waals surface area contributed by atoms with E-state index in [9.17, 15) is 9.90 Å². The van der Waals surface area contributed by atoms with Gasteiger partial charge in [0, 0.05) is 37.2 Å². The Kier molecular flexibility index (Phi) is 87.0. The monoisotopic (exact) mass is 597 g/mol. The lowest BCUT2D eigenvalue weighted by atomic mass is 10.1. The molecule has 0 amide bonds. The van der Waals surface area contributed by atoms with Crippen LogP contribution in [0.15, 0.2) is 24.5 Å². The predicted octanol–water partition coefficient (Wildman–Crippen LogP) is 5.72. The largest absolute Gasteiger partial charge is 0.878 e. The maximum absolute atomic E-state index is 9.72. The molecule has 0 spiro atoms. The van der Waals surface area contributed by atoms with Gasteiger partial charge in [-0.3, -0.25) is 4.79 Å². The molecule has 1 atom stereocenters. The first-order valence-corrected chi connectivity index (χ1v) is 11.0. The molecule has 114 valence electrons. The second-order valence-electron chi connectivity index (χ2n) is 2.69. The molecule has 0 fully saturated rings. The van der Waals surface area contributed by atoms with Crippen molar-refractivity contribution >= 4 is 67.5 Å². The third-order valence-corrected chi connectivity index (χ3v) is 1.50. The minimum absolute atomic E-state index is 0. The summed E-state index contributed by atoms with van der Waals surface area (Å²) in [5, 5.41) is 9.72. The Morgan fingerprint density at radius 3 is 1.78 bits per heavy atom. The van der Waals surface area contributed by atoms with E-state index in [2.05, 4.69) is 44.2 Å². The topological polar surface area (TPSA) is 40.1 Å². The second-order valence-corrected chi connectivity index (χ2v) is 2.69. The molecule has 0 heterocycles. The minimum atomic E-state index is 0. The molecule has 0 saturated heterocycles. The van der Waals surface area contributed by atoms with Crippen molar-refractivity contribution in [3.05, 3.63) is 24.5 Å². The molecule has 0 bridgehead atoms. The summed E-state index contributed by atoms with van der Waals surface area (Å²) < 4.78 is 0. The van der Waals surface area contributed by atoms with E-state index in [1.807, 2.05) is 19.9 Å². The van der Waals surface area contributed by atoms with Gasteiger partial charge in [-0.1, -0.05) is 54.2 Å². The summed E-state index contributed by atoms with van der Waals surface area (Å²) in [6, 6.07) is 0. The average Bonchev–Trinajstić information content (AvgIpc) is 2.30. The Morgan fingerprint density at radius 2 is 1.67 bits per heavy atom. The smallest absolute Gasteiger partial charge is 0.142 e. The van der Waals surface area contributed by atoms with Crippen LogP contribution in [0.4, 0.5) is 0 Å². The standard InChI is InChI=1S/C6H12O.C5H8O.2CH4.I2.HI/c1-3-6(2)4-5-7;1-2-3-4-5-6;;;1-2;/h4-7H,3H2,1-2H3;3-5H,2H2,1H3;2*1H4;;1H/p-1/b5-4+;;;;;. The van der Waals surface area contributed by atoms with Gasteiger partial charge in [-0.2, -0.15) is 6.26 Å². The lowest BCUT2D eigenvalue weighted by Gasteiger charge is -1.99. The molecule has 1 unspecified atom stereocenters. The van der Waals surface area contributed by atoms with Gasteiger partial charge in [0.15, 0.2) is 0 Å². The molecule has 0 rings (SSSR count). The summed E-state index contributed by atoms with van der Waals surface area (Å²) >= 11 is 4.24. The molecule has 0 aromatic carbocycles. The molecular formula is C13H28I3O2-. The zero-order valence-corrected chi connectivity index (χ0v) is 16.5. The number of hydrogen-bond acceptors (Lipinski definition) is 2. The maximum Gasteiger partial charge on any atom is 0.142 e. The van der Waals surface area contributed by atoms with Crippen molar-refractivity contribution in [1.82, 2.24) is 0 Å². The fourth-order valence-corrected chi connectivity index (χ4v) is 0.462. The van der Waals surface area contributed by atoms with Gasteiger partial charge in [-0.05, 0) is 18.4 Å². The third-order valence-electron chi connectivity index (χ3n) is 1.50. The highest BCUT2D eigenvalue weighted by atomic mass is 128. The van der Waals surface area contributed by atoms with Crippen molar-refractivity contribution in [2.45, 2.75) is 48.5 Å². The molecular weight excluding hydrogens is 569 g/mol. The number of allylic oxidation sites excluding steroid dienone is 3. The van der Waals surface area contributed by atoms with Crippen LogP contribution < -0.4 is 5.11 Å². The van der Waals surface area contributed by atoms with Crippen LogP contribution in [0, 0.1) is 5.92 Å². The van der Waals surface area contributed by atoms with E-state index in [1.165, 1.54) is 6.08 Å². The van der Waals surface area contributed by atoms with Crippen LogP contribution >= 0.6 is 61.2 Å². The van der Waals surface area contributed by atoms with Crippen molar-refractivity contribution in [3.8, 4) is 0 Å². The summed E-state index contributed by atoms with van der Waals surface area (Å²) in [6.45, 7) is 6.07. The van der Waals surface area contributed by atoms with Gasteiger partial charge in [0.25, 0.3) is 0 Å². The number of aldehydes is 1. The fraction of sp³-hybridized carbons (Fsp3) is 0.615. The van der Waals surface area contributed by atoms with Crippen LogP contribution in [0.25, 0.3) is 0 Å². The van der Waals surface area contributed by atoms with Gasteiger partial charge in [0.2, 0.25) is 0 Å². The Bertz CT molecular complexity index is 160. The predicted molar refractivity (Wildman–Crippen MR) is 111 cm³/mol. The van der Waals surface area contributed by atoms with Crippen molar-refractivity contribution in [2.24, 2.45) is 5.92 Å². The van der Waals surface area contributed by atoms with E-state index in [1.54, 1.807) is 6.08 Å². The van der Waals surface area contributed by atoms with E-state index in [0.29, 0.717) is 5.92 Å². The minimum Gasteiger partial charge on any atom is -0.878 e. The zero-order chi connectivity index (χ0) is 12.5. The van der Waals surface area contributed by atoms with E-state index >= 15 is 0 Å². The zero-order valence-electron chi connectivity index (χ0n) is 9.86. The first kappa shape index (κ1) is 36.5.